The Morgan fingerprint density at radius 2 is 2.32 bits per heavy atom. The van der Waals surface area contributed by atoms with Gasteiger partial charge in [0.2, 0.25) is 5.91 Å². The van der Waals surface area contributed by atoms with Crippen LogP contribution in [0.1, 0.15) is 5.56 Å². The van der Waals surface area contributed by atoms with E-state index in [1.54, 1.807) is 11.0 Å². The highest BCUT2D eigenvalue weighted by Gasteiger charge is 2.11. The zero-order valence-electron chi connectivity index (χ0n) is 10.7. The van der Waals surface area contributed by atoms with Crippen LogP contribution in [0.3, 0.4) is 0 Å². The van der Waals surface area contributed by atoms with Gasteiger partial charge in [-0.1, -0.05) is 29.8 Å². The summed E-state index contributed by atoms with van der Waals surface area (Å²) in [6, 6.07) is 7.61. The molecular formula is C14H18ClNO2S. The Bertz CT molecular complexity index is 426. The van der Waals surface area contributed by atoms with E-state index >= 15 is 0 Å². The summed E-state index contributed by atoms with van der Waals surface area (Å²) in [5.74, 6) is 1.15. The summed E-state index contributed by atoms with van der Waals surface area (Å²) in [7, 11) is 0. The number of aliphatic hydroxyl groups is 1. The average molecular weight is 300 g/mol. The molecule has 3 nitrogen and oxygen atoms in total. The summed E-state index contributed by atoms with van der Waals surface area (Å²) in [4.78, 5) is 13.5. The van der Waals surface area contributed by atoms with Crippen LogP contribution in [0.2, 0.25) is 5.02 Å². The summed E-state index contributed by atoms with van der Waals surface area (Å²) >= 11 is 7.43. The van der Waals surface area contributed by atoms with Crippen LogP contribution in [0.15, 0.2) is 36.9 Å². The molecule has 1 N–H and O–H groups in total. The van der Waals surface area contributed by atoms with Crippen molar-refractivity contribution >= 4 is 29.3 Å². The first-order valence-corrected chi connectivity index (χ1v) is 7.52. The molecule has 0 bridgehead atoms. The van der Waals surface area contributed by atoms with E-state index in [1.807, 2.05) is 24.3 Å². The summed E-state index contributed by atoms with van der Waals surface area (Å²) < 4.78 is 0. The lowest BCUT2D eigenvalue weighted by molar-refractivity contribution is -0.128. The van der Waals surface area contributed by atoms with Gasteiger partial charge < -0.3 is 10.0 Å². The van der Waals surface area contributed by atoms with Crippen molar-refractivity contribution in [3.05, 3.63) is 47.5 Å². The number of aliphatic hydroxyl groups excluding tert-OH is 1. The Morgan fingerprint density at radius 3 is 2.95 bits per heavy atom. The summed E-state index contributed by atoms with van der Waals surface area (Å²) in [5.41, 5.74) is 1.10. The van der Waals surface area contributed by atoms with Crippen molar-refractivity contribution in [1.29, 1.82) is 0 Å². The van der Waals surface area contributed by atoms with Crippen molar-refractivity contribution in [3.63, 3.8) is 0 Å². The maximum absolute atomic E-state index is 11.9. The van der Waals surface area contributed by atoms with Crippen LogP contribution in [0.25, 0.3) is 0 Å². The van der Waals surface area contributed by atoms with Gasteiger partial charge in [-0.15, -0.1) is 18.3 Å². The minimum Gasteiger partial charge on any atom is -0.395 e. The first kappa shape index (κ1) is 16.1. The molecule has 19 heavy (non-hydrogen) atoms. The number of benzene rings is 1. The lowest BCUT2D eigenvalue weighted by Crippen LogP contribution is -2.35. The second-order valence-corrected chi connectivity index (χ2v) is 5.40. The number of hydrogen-bond acceptors (Lipinski definition) is 3. The van der Waals surface area contributed by atoms with Crippen molar-refractivity contribution in [2.75, 3.05) is 25.4 Å². The molecule has 0 saturated heterocycles. The molecule has 0 unspecified atom stereocenters. The van der Waals surface area contributed by atoms with Gasteiger partial charge in [-0.3, -0.25) is 4.79 Å². The van der Waals surface area contributed by atoms with Gasteiger partial charge in [0.1, 0.15) is 0 Å². The third-order valence-corrected chi connectivity index (χ3v) is 3.68. The van der Waals surface area contributed by atoms with Gasteiger partial charge in [-0.2, -0.15) is 0 Å². The van der Waals surface area contributed by atoms with Gasteiger partial charge in [0.15, 0.2) is 0 Å². The summed E-state index contributed by atoms with van der Waals surface area (Å²) in [6.45, 7) is 4.40. The lowest BCUT2D eigenvalue weighted by atomic mass is 10.2. The largest absolute Gasteiger partial charge is 0.395 e. The number of carbonyl (C=O) groups excluding carboxylic acids is 1. The first-order chi connectivity index (χ1) is 9.17. The Balaban J connectivity index is 2.38. The Morgan fingerprint density at radius 1 is 1.53 bits per heavy atom. The fourth-order valence-electron chi connectivity index (χ4n) is 1.57. The predicted octanol–water partition coefficient (Wildman–Crippen LogP) is 2.58. The van der Waals surface area contributed by atoms with Crippen LogP contribution >= 0.6 is 23.4 Å². The van der Waals surface area contributed by atoms with Crippen LogP contribution in [-0.4, -0.2) is 41.4 Å². The number of nitrogens with zero attached hydrogens (tertiary/aromatic N) is 1. The van der Waals surface area contributed by atoms with E-state index < -0.39 is 0 Å². The molecule has 0 heterocycles. The van der Waals surface area contributed by atoms with Gasteiger partial charge in [-0.25, -0.2) is 0 Å². The zero-order chi connectivity index (χ0) is 14.1. The number of rotatable bonds is 8. The molecule has 1 aromatic carbocycles. The van der Waals surface area contributed by atoms with Gasteiger partial charge in [0.05, 0.1) is 12.4 Å². The topological polar surface area (TPSA) is 40.5 Å². The lowest BCUT2D eigenvalue weighted by Gasteiger charge is -2.19. The van der Waals surface area contributed by atoms with E-state index in [0.29, 0.717) is 23.9 Å². The SMILES string of the molecule is C=CCN(CCO)C(=O)CSCc1cccc(Cl)c1. The minimum absolute atomic E-state index is 0.0148. The van der Waals surface area contributed by atoms with Gasteiger partial charge >= 0.3 is 0 Å². The number of amides is 1. The maximum atomic E-state index is 11.9. The van der Waals surface area contributed by atoms with E-state index in [1.165, 1.54) is 11.8 Å². The Kier molecular flexibility index (Phi) is 7.63. The van der Waals surface area contributed by atoms with Crippen molar-refractivity contribution < 1.29 is 9.90 Å². The van der Waals surface area contributed by atoms with Crippen LogP contribution in [-0.2, 0) is 10.5 Å². The predicted molar refractivity (Wildman–Crippen MR) is 81.5 cm³/mol. The maximum Gasteiger partial charge on any atom is 0.232 e. The molecule has 0 aliphatic rings. The zero-order valence-corrected chi connectivity index (χ0v) is 12.3. The van der Waals surface area contributed by atoms with E-state index in [0.717, 1.165) is 11.3 Å². The molecule has 5 heteroatoms. The third kappa shape index (κ3) is 6.14. The quantitative estimate of drug-likeness (QED) is 0.750. The van der Waals surface area contributed by atoms with E-state index in [4.69, 9.17) is 16.7 Å². The van der Waals surface area contributed by atoms with Crippen LogP contribution in [0.4, 0.5) is 0 Å². The molecule has 1 amide bonds. The molecule has 0 fully saturated rings. The van der Waals surface area contributed by atoms with Crippen molar-refractivity contribution in [1.82, 2.24) is 4.90 Å². The molecule has 0 atom stereocenters. The fourth-order valence-corrected chi connectivity index (χ4v) is 2.66. The number of hydrogen-bond donors (Lipinski definition) is 1. The molecule has 1 aromatic rings. The van der Waals surface area contributed by atoms with Gasteiger partial charge in [0, 0.05) is 23.9 Å². The van der Waals surface area contributed by atoms with E-state index in [2.05, 4.69) is 6.58 Å². The second kappa shape index (κ2) is 9.02. The number of thioether (sulfide) groups is 1. The first-order valence-electron chi connectivity index (χ1n) is 5.99. The molecule has 0 saturated carbocycles. The summed E-state index contributed by atoms with van der Waals surface area (Å²) in [6.07, 6.45) is 1.66. The van der Waals surface area contributed by atoms with Gasteiger partial charge in [0.25, 0.3) is 0 Å². The molecule has 0 aliphatic carbocycles. The molecule has 0 aliphatic heterocycles. The monoisotopic (exact) mass is 299 g/mol. The van der Waals surface area contributed by atoms with Crippen molar-refractivity contribution in [3.8, 4) is 0 Å². The standard InChI is InChI=1S/C14H18ClNO2S/c1-2-6-16(7-8-17)14(18)11-19-10-12-4-3-5-13(15)9-12/h2-5,9,17H,1,6-8,10-11H2. The smallest absolute Gasteiger partial charge is 0.232 e. The highest BCUT2D eigenvalue weighted by atomic mass is 35.5. The molecule has 0 spiro atoms. The molecule has 0 aromatic heterocycles. The molecule has 0 radical (unpaired) electrons. The van der Waals surface area contributed by atoms with Crippen LogP contribution < -0.4 is 0 Å². The van der Waals surface area contributed by atoms with Crippen LogP contribution in [0, 0.1) is 0 Å². The molecule has 104 valence electrons. The Labute approximate surface area is 123 Å². The summed E-state index contributed by atoms with van der Waals surface area (Å²) in [5, 5.41) is 9.60. The van der Waals surface area contributed by atoms with Crippen molar-refractivity contribution in [2.45, 2.75) is 5.75 Å². The highest BCUT2D eigenvalue weighted by molar-refractivity contribution is 7.99. The second-order valence-electron chi connectivity index (χ2n) is 3.97. The molecular weight excluding hydrogens is 282 g/mol. The third-order valence-electron chi connectivity index (χ3n) is 2.46. The number of carbonyl (C=O) groups is 1. The van der Waals surface area contributed by atoms with E-state index in [9.17, 15) is 4.79 Å². The van der Waals surface area contributed by atoms with E-state index in [-0.39, 0.29) is 12.5 Å². The van der Waals surface area contributed by atoms with Crippen molar-refractivity contribution in [2.24, 2.45) is 0 Å². The average Bonchev–Trinajstić information content (AvgIpc) is 2.38. The highest BCUT2D eigenvalue weighted by Crippen LogP contribution is 2.16. The number of halogens is 1. The minimum atomic E-state index is -0.0292. The van der Waals surface area contributed by atoms with Crippen LogP contribution in [0.5, 0.6) is 0 Å². The van der Waals surface area contributed by atoms with Gasteiger partial charge in [-0.05, 0) is 17.7 Å². The Hall–Kier alpha value is -0.970. The normalized spacial score (nSPS) is 10.2. The fraction of sp³-hybridized carbons (Fsp3) is 0.357. The molecule has 1 rings (SSSR count).